The number of halogens is 1. The Hall–Kier alpha value is -0.830. The van der Waals surface area contributed by atoms with Crippen LogP contribution in [0.15, 0.2) is 16.6 Å². The minimum atomic E-state index is 0. The molecule has 1 saturated heterocycles. The highest BCUT2D eigenvalue weighted by atomic mass is 127. The van der Waals surface area contributed by atoms with Gasteiger partial charge in [0.25, 0.3) is 0 Å². The summed E-state index contributed by atoms with van der Waals surface area (Å²) in [5.74, 6) is 1.49. The first kappa shape index (κ1) is 22.5. The first-order valence-electron chi connectivity index (χ1n) is 10.3. The molecule has 1 amide bonds. The molecule has 0 spiro atoms. The molecule has 6 nitrogen and oxygen atoms in total. The molecular weight excluding hydrogens is 455 g/mol. The van der Waals surface area contributed by atoms with Crippen molar-refractivity contribution in [1.82, 2.24) is 15.5 Å². The van der Waals surface area contributed by atoms with Crippen molar-refractivity contribution < 1.29 is 9.53 Å². The molecule has 0 bridgehead atoms. The first-order valence-corrected chi connectivity index (χ1v) is 10.3. The Kier molecular flexibility index (Phi) is 9.89. The fraction of sp³-hybridized carbons (Fsp3) is 0.800. The van der Waals surface area contributed by atoms with E-state index in [1.807, 2.05) is 7.05 Å². The third-order valence-electron chi connectivity index (χ3n) is 5.81. The molecule has 0 radical (unpaired) electrons. The van der Waals surface area contributed by atoms with Gasteiger partial charge in [-0.15, -0.1) is 24.0 Å². The molecular formula is C20H35IN4O2. The fourth-order valence-corrected chi connectivity index (χ4v) is 4.21. The molecule has 2 N–H and O–H groups in total. The Morgan fingerprint density at radius 1 is 1.30 bits per heavy atom. The van der Waals surface area contributed by atoms with Gasteiger partial charge in [-0.1, -0.05) is 30.9 Å². The van der Waals surface area contributed by atoms with Gasteiger partial charge in [-0.3, -0.25) is 9.79 Å². The topological polar surface area (TPSA) is 66.0 Å². The van der Waals surface area contributed by atoms with E-state index in [2.05, 4.69) is 26.6 Å². The van der Waals surface area contributed by atoms with Gasteiger partial charge < -0.3 is 20.3 Å². The lowest BCUT2D eigenvalue weighted by Gasteiger charge is -2.26. The van der Waals surface area contributed by atoms with Crippen molar-refractivity contribution >= 4 is 35.8 Å². The Labute approximate surface area is 180 Å². The van der Waals surface area contributed by atoms with E-state index in [-0.39, 0.29) is 29.9 Å². The molecule has 1 unspecified atom stereocenters. The number of guanidine groups is 1. The second-order valence-electron chi connectivity index (χ2n) is 7.69. The second-order valence-corrected chi connectivity index (χ2v) is 7.69. The standard InChI is InChI=1S/C20H34N4O2.HI/c1-21-20(22-11-7-16-9-13-26-14-10-16)23-18-8-12-24(15-18)19(25)17-5-3-2-4-6-17;/h9,17-18H,2-8,10-15H2,1H3,(H2,21,22,23);1H. The molecule has 7 heteroatoms. The number of rotatable bonds is 5. The minimum Gasteiger partial charge on any atom is -0.377 e. The second kappa shape index (κ2) is 11.9. The maximum atomic E-state index is 12.7. The SMILES string of the molecule is CN=C(NCCC1=CCOCC1)NC1CCN(C(=O)C2CCCCC2)C1.I. The molecule has 2 aliphatic heterocycles. The van der Waals surface area contributed by atoms with Gasteiger partial charge in [0.2, 0.25) is 5.91 Å². The molecule has 3 rings (SSSR count). The summed E-state index contributed by atoms with van der Waals surface area (Å²) in [6, 6.07) is 0.302. The Morgan fingerprint density at radius 3 is 2.81 bits per heavy atom. The molecule has 3 aliphatic rings. The van der Waals surface area contributed by atoms with Crippen LogP contribution in [-0.2, 0) is 9.53 Å². The highest BCUT2D eigenvalue weighted by Crippen LogP contribution is 2.26. The average molecular weight is 490 g/mol. The van der Waals surface area contributed by atoms with Crippen LogP contribution in [0.1, 0.15) is 51.4 Å². The lowest BCUT2D eigenvalue weighted by Crippen LogP contribution is -2.45. The molecule has 0 aromatic rings. The fourth-order valence-electron chi connectivity index (χ4n) is 4.21. The molecule has 27 heavy (non-hydrogen) atoms. The van der Waals surface area contributed by atoms with Crippen LogP contribution in [0.25, 0.3) is 0 Å². The number of aliphatic imine (C=N–C) groups is 1. The van der Waals surface area contributed by atoms with Crippen LogP contribution in [0.3, 0.4) is 0 Å². The van der Waals surface area contributed by atoms with Crippen LogP contribution in [0.2, 0.25) is 0 Å². The molecule has 2 fully saturated rings. The molecule has 1 aliphatic carbocycles. The van der Waals surface area contributed by atoms with E-state index in [1.54, 1.807) is 0 Å². The summed E-state index contributed by atoms with van der Waals surface area (Å²) in [5.41, 5.74) is 1.46. The number of hydrogen-bond donors (Lipinski definition) is 2. The smallest absolute Gasteiger partial charge is 0.225 e. The van der Waals surface area contributed by atoms with E-state index < -0.39 is 0 Å². The Morgan fingerprint density at radius 2 is 2.11 bits per heavy atom. The zero-order chi connectivity index (χ0) is 18.2. The Balaban J connectivity index is 0.00000261. The van der Waals surface area contributed by atoms with E-state index in [0.717, 1.165) is 70.9 Å². The Bertz CT molecular complexity index is 532. The molecule has 2 heterocycles. The number of carbonyl (C=O) groups is 1. The predicted octanol–water partition coefficient (Wildman–Crippen LogP) is 2.69. The number of ether oxygens (including phenoxy) is 1. The third kappa shape index (κ3) is 6.93. The van der Waals surface area contributed by atoms with Gasteiger partial charge in [-0.2, -0.15) is 0 Å². The summed E-state index contributed by atoms with van der Waals surface area (Å²) >= 11 is 0. The van der Waals surface area contributed by atoms with Gasteiger partial charge >= 0.3 is 0 Å². The van der Waals surface area contributed by atoms with Crippen molar-refractivity contribution in [3.63, 3.8) is 0 Å². The average Bonchev–Trinajstić information content (AvgIpc) is 3.16. The zero-order valence-electron chi connectivity index (χ0n) is 16.5. The van der Waals surface area contributed by atoms with E-state index in [4.69, 9.17) is 4.74 Å². The largest absolute Gasteiger partial charge is 0.377 e. The van der Waals surface area contributed by atoms with Crippen LogP contribution < -0.4 is 10.6 Å². The van der Waals surface area contributed by atoms with Crippen molar-refractivity contribution in [2.75, 3.05) is 39.9 Å². The van der Waals surface area contributed by atoms with Gasteiger partial charge in [0.1, 0.15) is 0 Å². The van der Waals surface area contributed by atoms with Gasteiger partial charge in [-0.25, -0.2) is 0 Å². The van der Waals surface area contributed by atoms with Crippen molar-refractivity contribution in [3.8, 4) is 0 Å². The predicted molar refractivity (Wildman–Crippen MR) is 120 cm³/mol. The van der Waals surface area contributed by atoms with Crippen LogP contribution in [0.4, 0.5) is 0 Å². The maximum absolute atomic E-state index is 12.7. The van der Waals surface area contributed by atoms with Crippen LogP contribution in [-0.4, -0.2) is 62.7 Å². The summed E-state index contributed by atoms with van der Waals surface area (Å²) in [6.45, 7) is 4.14. The maximum Gasteiger partial charge on any atom is 0.225 e. The van der Waals surface area contributed by atoms with Gasteiger partial charge in [0.05, 0.1) is 13.2 Å². The number of carbonyl (C=O) groups excluding carboxylic acids is 1. The summed E-state index contributed by atoms with van der Waals surface area (Å²) < 4.78 is 5.34. The van der Waals surface area contributed by atoms with Crippen molar-refractivity contribution in [1.29, 1.82) is 0 Å². The van der Waals surface area contributed by atoms with E-state index in [1.165, 1.54) is 24.8 Å². The molecule has 154 valence electrons. The van der Waals surface area contributed by atoms with Crippen LogP contribution >= 0.6 is 24.0 Å². The summed E-state index contributed by atoms with van der Waals surface area (Å²) in [5, 5.41) is 6.90. The lowest BCUT2D eigenvalue weighted by molar-refractivity contribution is -0.135. The number of likely N-dealkylation sites (tertiary alicyclic amines) is 1. The highest BCUT2D eigenvalue weighted by Gasteiger charge is 2.31. The van der Waals surface area contributed by atoms with Gasteiger partial charge in [0.15, 0.2) is 5.96 Å². The van der Waals surface area contributed by atoms with E-state index >= 15 is 0 Å². The number of nitrogens with one attached hydrogen (secondary N) is 2. The molecule has 1 atom stereocenters. The zero-order valence-corrected chi connectivity index (χ0v) is 18.9. The summed E-state index contributed by atoms with van der Waals surface area (Å²) in [4.78, 5) is 19.1. The monoisotopic (exact) mass is 490 g/mol. The van der Waals surface area contributed by atoms with E-state index in [0.29, 0.717) is 11.9 Å². The quantitative estimate of drug-likeness (QED) is 0.269. The molecule has 1 saturated carbocycles. The van der Waals surface area contributed by atoms with Crippen molar-refractivity contribution in [2.24, 2.45) is 10.9 Å². The molecule has 0 aromatic heterocycles. The van der Waals surface area contributed by atoms with Crippen molar-refractivity contribution in [2.45, 2.75) is 57.4 Å². The normalized spacial score (nSPS) is 24.2. The van der Waals surface area contributed by atoms with Gasteiger partial charge in [0, 0.05) is 38.6 Å². The van der Waals surface area contributed by atoms with Crippen LogP contribution in [0.5, 0.6) is 0 Å². The molecule has 0 aromatic carbocycles. The van der Waals surface area contributed by atoms with E-state index in [9.17, 15) is 4.79 Å². The highest BCUT2D eigenvalue weighted by molar-refractivity contribution is 14.0. The van der Waals surface area contributed by atoms with Gasteiger partial charge in [-0.05, 0) is 32.1 Å². The summed E-state index contributed by atoms with van der Waals surface area (Å²) in [6.07, 6.45) is 11.1. The number of nitrogens with zero attached hydrogens (tertiary/aromatic N) is 2. The van der Waals surface area contributed by atoms with Crippen LogP contribution in [0, 0.1) is 5.92 Å². The minimum absolute atomic E-state index is 0. The van der Waals surface area contributed by atoms with Crippen molar-refractivity contribution in [3.05, 3.63) is 11.6 Å². The third-order valence-corrected chi connectivity index (χ3v) is 5.81. The number of hydrogen-bond acceptors (Lipinski definition) is 3. The summed E-state index contributed by atoms with van der Waals surface area (Å²) in [7, 11) is 1.81. The lowest BCUT2D eigenvalue weighted by atomic mass is 9.88. The number of amides is 1. The first-order chi connectivity index (χ1) is 12.8.